The van der Waals surface area contributed by atoms with Crippen molar-refractivity contribution in [3.8, 4) is 5.75 Å². The predicted molar refractivity (Wildman–Crippen MR) is 89.6 cm³/mol. The van der Waals surface area contributed by atoms with Gasteiger partial charge in [0.25, 0.3) is 0 Å². The number of halogens is 1. The first-order valence-corrected chi connectivity index (χ1v) is 8.28. The van der Waals surface area contributed by atoms with E-state index in [1.165, 1.54) is 0 Å². The Morgan fingerprint density at radius 2 is 2.05 bits per heavy atom. The Morgan fingerprint density at radius 1 is 1.29 bits per heavy atom. The Morgan fingerprint density at radius 3 is 2.67 bits per heavy atom. The lowest BCUT2D eigenvalue weighted by Gasteiger charge is -2.29. The molecule has 116 valence electrons. The van der Waals surface area contributed by atoms with E-state index in [1.54, 1.807) is 0 Å². The molecule has 0 saturated carbocycles. The molecule has 0 aliphatic carbocycles. The number of ether oxygens (including phenoxy) is 1. The van der Waals surface area contributed by atoms with Crippen LogP contribution >= 0.6 is 11.6 Å². The molecule has 3 nitrogen and oxygen atoms in total. The summed E-state index contributed by atoms with van der Waals surface area (Å²) in [5.41, 5.74) is 2.11. The number of aromatic nitrogens is 2. The van der Waals surface area contributed by atoms with E-state index in [1.807, 2.05) is 19.1 Å². The molecule has 0 bridgehead atoms. The first kappa shape index (κ1) is 16.2. The van der Waals surface area contributed by atoms with Crippen molar-refractivity contribution in [1.29, 1.82) is 0 Å². The lowest BCUT2D eigenvalue weighted by atomic mass is 9.97. The summed E-state index contributed by atoms with van der Waals surface area (Å²) < 4.78 is 8.07. The third kappa shape index (κ3) is 3.18. The molecule has 2 aromatic rings. The van der Waals surface area contributed by atoms with Crippen LogP contribution in [0.25, 0.3) is 11.0 Å². The lowest BCUT2D eigenvalue weighted by molar-refractivity contribution is 0.324. The molecular formula is C17H25ClN2O. The van der Waals surface area contributed by atoms with E-state index in [-0.39, 0.29) is 5.54 Å². The summed E-state index contributed by atoms with van der Waals surface area (Å²) in [4.78, 5) is 4.82. The van der Waals surface area contributed by atoms with E-state index in [0.717, 1.165) is 41.9 Å². The van der Waals surface area contributed by atoms with Crippen molar-refractivity contribution in [1.82, 2.24) is 9.55 Å². The van der Waals surface area contributed by atoms with Crippen LogP contribution in [0.3, 0.4) is 0 Å². The summed E-state index contributed by atoms with van der Waals surface area (Å²) in [5.74, 6) is 2.48. The molecule has 0 atom stereocenters. The number of nitrogens with zero attached hydrogens (tertiary/aromatic N) is 2. The van der Waals surface area contributed by atoms with Gasteiger partial charge in [0.15, 0.2) is 0 Å². The maximum Gasteiger partial charge on any atom is 0.147 e. The monoisotopic (exact) mass is 308 g/mol. The molecule has 0 fully saturated rings. The van der Waals surface area contributed by atoms with Crippen molar-refractivity contribution in [2.45, 2.75) is 52.5 Å². The van der Waals surface area contributed by atoms with Crippen LogP contribution in [0.2, 0.25) is 0 Å². The van der Waals surface area contributed by atoms with Gasteiger partial charge in [-0.3, -0.25) is 0 Å². The summed E-state index contributed by atoms with van der Waals surface area (Å²) in [6.07, 6.45) is 3.01. The second-order valence-corrected chi connectivity index (χ2v) is 6.30. The molecule has 21 heavy (non-hydrogen) atoms. The fourth-order valence-electron chi connectivity index (χ4n) is 3.04. The van der Waals surface area contributed by atoms with Gasteiger partial charge in [0.2, 0.25) is 0 Å². The van der Waals surface area contributed by atoms with Gasteiger partial charge in [-0.25, -0.2) is 4.98 Å². The number of rotatable bonds is 7. The molecule has 0 radical (unpaired) electrons. The minimum atomic E-state index is 0.0235. The van der Waals surface area contributed by atoms with Crippen molar-refractivity contribution in [3.05, 3.63) is 24.0 Å². The number of alkyl halides is 1. The van der Waals surface area contributed by atoms with Crippen molar-refractivity contribution in [2.75, 3.05) is 12.5 Å². The van der Waals surface area contributed by atoms with Crippen LogP contribution in [-0.2, 0) is 12.0 Å². The number of hydrogen-bond acceptors (Lipinski definition) is 2. The van der Waals surface area contributed by atoms with Crippen LogP contribution in [0.1, 0.15) is 46.4 Å². The van der Waals surface area contributed by atoms with Crippen LogP contribution < -0.4 is 4.74 Å². The van der Waals surface area contributed by atoms with Crippen LogP contribution in [0.15, 0.2) is 18.2 Å². The van der Waals surface area contributed by atoms with Crippen molar-refractivity contribution >= 4 is 22.6 Å². The van der Waals surface area contributed by atoms with Crippen LogP contribution in [0, 0.1) is 0 Å². The van der Waals surface area contributed by atoms with E-state index in [0.29, 0.717) is 12.5 Å². The minimum absolute atomic E-state index is 0.0235. The second-order valence-electron chi connectivity index (χ2n) is 5.92. The van der Waals surface area contributed by atoms with Gasteiger partial charge in [-0.1, -0.05) is 19.4 Å². The highest BCUT2D eigenvalue weighted by atomic mass is 35.5. The number of fused-ring (bicyclic) bond motifs is 1. The molecular weight excluding hydrogens is 284 g/mol. The molecule has 0 unspecified atom stereocenters. The fraction of sp³-hybridized carbons (Fsp3) is 0.588. The molecule has 2 rings (SSSR count). The van der Waals surface area contributed by atoms with Gasteiger partial charge in [-0.2, -0.15) is 0 Å². The summed E-state index contributed by atoms with van der Waals surface area (Å²) in [7, 11) is 0. The Bertz CT molecular complexity index is 604. The maximum absolute atomic E-state index is 5.98. The van der Waals surface area contributed by atoms with E-state index >= 15 is 0 Å². The molecule has 0 N–H and O–H groups in total. The normalized spacial score (nSPS) is 12.0. The smallest absolute Gasteiger partial charge is 0.147 e. The lowest BCUT2D eigenvalue weighted by Crippen LogP contribution is -2.28. The van der Waals surface area contributed by atoms with Gasteiger partial charge in [0.05, 0.1) is 12.1 Å². The summed E-state index contributed by atoms with van der Waals surface area (Å²) in [5, 5.41) is 0. The minimum Gasteiger partial charge on any atom is -0.492 e. The first-order chi connectivity index (χ1) is 10.0. The van der Waals surface area contributed by atoms with E-state index in [4.69, 9.17) is 21.3 Å². The third-order valence-corrected chi connectivity index (χ3v) is 3.99. The zero-order valence-electron chi connectivity index (χ0n) is 13.4. The first-order valence-electron chi connectivity index (χ1n) is 7.74. The second kappa shape index (κ2) is 6.69. The highest BCUT2D eigenvalue weighted by Gasteiger charge is 2.26. The van der Waals surface area contributed by atoms with Gasteiger partial charge in [-0.15, -0.1) is 11.6 Å². The summed E-state index contributed by atoms with van der Waals surface area (Å²) in [6, 6.07) is 6.15. The molecule has 0 spiro atoms. The van der Waals surface area contributed by atoms with Gasteiger partial charge < -0.3 is 9.30 Å². The topological polar surface area (TPSA) is 27.1 Å². The summed E-state index contributed by atoms with van der Waals surface area (Å²) in [6.45, 7) is 9.39. The quantitative estimate of drug-likeness (QED) is 0.690. The van der Waals surface area contributed by atoms with E-state index in [9.17, 15) is 0 Å². The summed E-state index contributed by atoms with van der Waals surface area (Å²) >= 11 is 5.98. The molecule has 1 aromatic heterocycles. The highest BCUT2D eigenvalue weighted by Crippen LogP contribution is 2.33. The van der Waals surface area contributed by atoms with Gasteiger partial charge in [-0.05, 0) is 39.3 Å². The Labute approximate surface area is 132 Å². The molecule has 1 aromatic carbocycles. The van der Waals surface area contributed by atoms with Gasteiger partial charge >= 0.3 is 0 Å². The zero-order valence-corrected chi connectivity index (χ0v) is 14.2. The number of aryl methyl sites for hydroxylation is 1. The number of para-hydroxylation sites is 1. The van der Waals surface area contributed by atoms with E-state index in [2.05, 4.69) is 31.4 Å². The standard InChI is InChI=1S/C17H25ClN2O/c1-5-11-17(3,4)20-13-8-7-9-14(21-6-2)16(13)19-15(20)10-12-18/h7-9H,5-6,10-12H2,1-4H3. The SMILES string of the molecule is CCCC(C)(C)n1c(CCCl)nc2c(OCC)cccc21. The maximum atomic E-state index is 5.98. The predicted octanol–water partition coefficient (Wildman–Crippen LogP) is 4.75. The molecule has 0 aliphatic heterocycles. The van der Waals surface area contributed by atoms with Crippen molar-refractivity contribution in [3.63, 3.8) is 0 Å². The van der Waals surface area contributed by atoms with E-state index < -0.39 is 0 Å². The van der Waals surface area contributed by atoms with Gasteiger partial charge in [0, 0.05) is 17.8 Å². The van der Waals surface area contributed by atoms with Crippen molar-refractivity contribution < 1.29 is 4.74 Å². The largest absolute Gasteiger partial charge is 0.492 e. The molecule has 0 aliphatic rings. The molecule has 1 heterocycles. The van der Waals surface area contributed by atoms with Crippen LogP contribution in [0.4, 0.5) is 0 Å². The van der Waals surface area contributed by atoms with Crippen LogP contribution in [-0.4, -0.2) is 22.0 Å². The number of benzene rings is 1. The molecule has 0 saturated heterocycles. The van der Waals surface area contributed by atoms with Gasteiger partial charge in [0.1, 0.15) is 17.1 Å². The highest BCUT2D eigenvalue weighted by molar-refractivity contribution is 6.17. The van der Waals surface area contributed by atoms with Crippen molar-refractivity contribution in [2.24, 2.45) is 0 Å². The number of hydrogen-bond donors (Lipinski definition) is 0. The Hall–Kier alpha value is -1.22. The Kier molecular flexibility index (Phi) is 5.15. The van der Waals surface area contributed by atoms with Crippen LogP contribution in [0.5, 0.6) is 5.75 Å². The molecule has 4 heteroatoms. The third-order valence-electron chi connectivity index (χ3n) is 3.80. The number of imidazole rings is 1. The zero-order chi connectivity index (χ0) is 15.5. The fourth-order valence-corrected chi connectivity index (χ4v) is 3.21. The Balaban J connectivity index is 2.66. The average Bonchev–Trinajstić information content (AvgIpc) is 2.79. The molecule has 0 amide bonds. The average molecular weight is 309 g/mol.